The number of carbonyl (C=O) groups excluding carboxylic acids is 1. The van der Waals surface area contributed by atoms with Gasteiger partial charge in [-0.1, -0.05) is 30.7 Å². The molecule has 0 unspecified atom stereocenters. The Labute approximate surface area is 174 Å². The van der Waals surface area contributed by atoms with E-state index in [0.29, 0.717) is 16.3 Å². The Morgan fingerprint density at radius 2 is 1.93 bits per heavy atom. The molecule has 0 atom stereocenters. The lowest BCUT2D eigenvalue weighted by Gasteiger charge is -2.36. The summed E-state index contributed by atoms with van der Waals surface area (Å²) in [6, 6.07) is 11.7. The highest BCUT2D eigenvalue weighted by Gasteiger charge is 2.19. The quantitative estimate of drug-likeness (QED) is 0.438. The summed E-state index contributed by atoms with van der Waals surface area (Å²) in [5, 5.41) is 14.5. The van der Waals surface area contributed by atoms with Crippen LogP contribution in [0.4, 0.5) is 17.1 Å². The topological polar surface area (TPSA) is 78.7 Å². The summed E-state index contributed by atoms with van der Waals surface area (Å²) in [5.41, 5.74) is 1.86. The molecule has 0 spiro atoms. The van der Waals surface area contributed by atoms with E-state index in [4.69, 9.17) is 11.6 Å². The van der Waals surface area contributed by atoms with Crippen LogP contribution in [-0.4, -0.2) is 48.5 Å². The van der Waals surface area contributed by atoms with Crippen LogP contribution in [0.25, 0.3) is 6.08 Å². The van der Waals surface area contributed by atoms with Crippen LogP contribution in [-0.2, 0) is 4.79 Å². The number of halogens is 1. The van der Waals surface area contributed by atoms with Crippen LogP contribution in [0, 0.1) is 10.1 Å². The highest BCUT2D eigenvalue weighted by Crippen LogP contribution is 2.30. The van der Waals surface area contributed by atoms with E-state index in [1.54, 1.807) is 24.3 Å². The van der Waals surface area contributed by atoms with E-state index in [0.717, 1.165) is 38.4 Å². The monoisotopic (exact) mass is 414 g/mol. The van der Waals surface area contributed by atoms with Gasteiger partial charge in [0, 0.05) is 43.3 Å². The summed E-state index contributed by atoms with van der Waals surface area (Å²) < 4.78 is 0. The molecule has 0 bridgehead atoms. The number of para-hydroxylation sites is 1. The van der Waals surface area contributed by atoms with Gasteiger partial charge < -0.3 is 15.1 Å². The predicted molar refractivity (Wildman–Crippen MR) is 117 cm³/mol. The zero-order valence-electron chi connectivity index (χ0n) is 16.2. The molecule has 1 fully saturated rings. The lowest BCUT2D eigenvalue weighted by molar-refractivity contribution is -0.385. The first-order chi connectivity index (χ1) is 14.0. The zero-order chi connectivity index (χ0) is 20.8. The highest BCUT2D eigenvalue weighted by atomic mass is 35.5. The fourth-order valence-electron chi connectivity index (χ4n) is 3.32. The van der Waals surface area contributed by atoms with E-state index in [9.17, 15) is 14.9 Å². The molecular weight excluding hydrogens is 392 g/mol. The number of nitro groups is 1. The number of carbonyl (C=O) groups is 1. The van der Waals surface area contributed by atoms with Gasteiger partial charge in [-0.25, -0.2) is 0 Å². The molecule has 29 heavy (non-hydrogen) atoms. The summed E-state index contributed by atoms with van der Waals surface area (Å²) in [5.74, 6) is -0.376. The maximum absolute atomic E-state index is 12.5. The summed E-state index contributed by atoms with van der Waals surface area (Å²) in [7, 11) is 0. The van der Waals surface area contributed by atoms with E-state index in [-0.39, 0.29) is 11.6 Å². The SMILES string of the molecule is CCN1CCN(c2ccc(Cl)cc2NC(=O)/C=C/c2ccccc2[N+](=O)[O-])CC1. The zero-order valence-corrected chi connectivity index (χ0v) is 16.9. The van der Waals surface area contributed by atoms with Crippen LogP contribution < -0.4 is 10.2 Å². The van der Waals surface area contributed by atoms with Crippen molar-refractivity contribution in [1.82, 2.24) is 4.90 Å². The molecule has 1 saturated heterocycles. The summed E-state index contributed by atoms with van der Waals surface area (Å²) in [6.45, 7) is 6.82. The standard InChI is InChI=1S/C21H23ClN4O3/c1-2-24-11-13-25(14-12-24)20-9-8-17(22)15-18(20)23-21(27)10-7-16-5-3-4-6-19(16)26(28)29/h3-10,15H,2,11-14H2,1H3,(H,23,27)/b10-7+. The van der Waals surface area contributed by atoms with Crippen molar-refractivity contribution in [3.8, 4) is 0 Å². The van der Waals surface area contributed by atoms with Crippen molar-refractivity contribution in [2.75, 3.05) is 42.9 Å². The summed E-state index contributed by atoms with van der Waals surface area (Å²) in [6.07, 6.45) is 2.74. The minimum atomic E-state index is -0.470. The van der Waals surface area contributed by atoms with Crippen LogP contribution >= 0.6 is 11.6 Å². The Morgan fingerprint density at radius 3 is 2.62 bits per heavy atom. The van der Waals surface area contributed by atoms with Crippen LogP contribution in [0.3, 0.4) is 0 Å². The number of nitro benzene ring substituents is 1. The van der Waals surface area contributed by atoms with Crippen molar-refractivity contribution in [3.63, 3.8) is 0 Å². The first-order valence-corrected chi connectivity index (χ1v) is 9.85. The van der Waals surface area contributed by atoms with E-state index in [1.807, 2.05) is 12.1 Å². The maximum atomic E-state index is 12.5. The molecule has 0 radical (unpaired) electrons. The molecule has 2 aromatic carbocycles. The molecule has 1 aliphatic heterocycles. The first kappa shape index (κ1) is 20.8. The highest BCUT2D eigenvalue weighted by molar-refractivity contribution is 6.31. The van der Waals surface area contributed by atoms with E-state index in [1.165, 1.54) is 18.2 Å². The molecule has 3 rings (SSSR count). The average Bonchev–Trinajstić information content (AvgIpc) is 2.72. The Hall–Kier alpha value is -2.90. The number of rotatable bonds is 6. The maximum Gasteiger partial charge on any atom is 0.276 e. The second-order valence-corrected chi connectivity index (χ2v) is 7.16. The Balaban J connectivity index is 1.75. The second kappa shape index (κ2) is 9.54. The van der Waals surface area contributed by atoms with Gasteiger partial charge in [-0.2, -0.15) is 0 Å². The number of piperazine rings is 1. The number of amides is 1. The van der Waals surface area contributed by atoms with Gasteiger partial charge in [0.1, 0.15) is 0 Å². The van der Waals surface area contributed by atoms with Crippen molar-refractivity contribution in [1.29, 1.82) is 0 Å². The third-order valence-electron chi connectivity index (χ3n) is 4.92. The van der Waals surface area contributed by atoms with E-state index >= 15 is 0 Å². The molecule has 2 aromatic rings. The van der Waals surface area contributed by atoms with Crippen molar-refractivity contribution < 1.29 is 9.72 Å². The number of benzene rings is 2. The molecule has 7 nitrogen and oxygen atoms in total. The first-order valence-electron chi connectivity index (χ1n) is 9.47. The van der Waals surface area contributed by atoms with Gasteiger partial charge in [0.2, 0.25) is 5.91 Å². The number of anilines is 2. The fourth-order valence-corrected chi connectivity index (χ4v) is 3.50. The predicted octanol–water partition coefficient (Wildman–Crippen LogP) is 4.04. The number of likely N-dealkylation sites (N-methyl/N-ethyl adjacent to an activating group) is 1. The second-order valence-electron chi connectivity index (χ2n) is 6.72. The smallest absolute Gasteiger partial charge is 0.276 e. The molecule has 1 heterocycles. The minimum absolute atomic E-state index is 0.0474. The average molecular weight is 415 g/mol. The van der Waals surface area contributed by atoms with Crippen molar-refractivity contribution in [3.05, 3.63) is 69.2 Å². The normalized spacial score (nSPS) is 14.9. The molecule has 1 aliphatic rings. The fraction of sp³-hybridized carbons (Fsp3) is 0.286. The number of nitrogens with zero attached hydrogens (tertiary/aromatic N) is 3. The van der Waals surface area contributed by atoms with E-state index in [2.05, 4.69) is 22.0 Å². The molecule has 152 valence electrons. The van der Waals surface area contributed by atoms with Crippen molar-refractivity contribution in [2.45, 2.75) is 6.92 Å². The van der Waals surface area contributed by atoms with Crippen LogP contribution in [0.15, 0.2) is 48.5 Å². The molecule has 1 N–H and O–H groups in total. The molecule has 0 aromatic heterocycles. The van der Waals surface area contributed by atoms with Gasteiger partial charge in [0.25, 0.3) is 5.69 Å². The van der Waals surface area contributed by atoms with Crippen LogP contribution in [0.1, 0.15) is 12.5 Å². The number of hydrogen-bond donors (Lipinski definition) is 1. The molecular formula is C21H23ClN4O3. The lowest BCUT2D eigenvalue weighted by atomic mass is 10.1. The molecule has 1 amide bonds. The Bertz CT molecular complexity index is 924. The van der Waals surface area contributed by atoms with Gasteiger partial charge >= 0.3 is 0 Å². The van der Waals surface area contributed by atoms with Crippen LogP contribution in [0.2, 0.25) is 5.02 Å². The van der Waals surface area contributed by atoms with E-state index < -0.39 is 4.92 Å². The number of hydrogen-bond acceptors (Lipinski definition) is 5. The largest absolute Gasteiger partial charge is 0.367 e. The molecule has 8 heteroatoms. The Morgan fingerprint density at radius 1 is 1.21 bits per heavy atom. The summed E-state index contributed by atoms with van der Waals surface area (Å²) in [4.78, 5) is 27.7. The summed E-state index contributed by atoms with van der Waals surface area (Å²) >= 11 is 6.14. The van der Waals surface area contributed by atoms with Crippen LogP contribution in [0.5, 0.6) is 0 Å². The lowest BCUT2D eigenvalue weighted by Crippen LogP contribution is -2.46. The van der Waals surface area contributed by atoms with Gasteiger partial charge in [0.15, 0.2) is 0 Å². The third kappa shape index (κ3) is 5.34. The van der Waals surface area contributed by atoms with Gasteiger partial charge in [-0.05, 0) is 36.9 Å². The van der Waals surface area contributed by atoms with Gasteiger partial charge in [-0.3, -0.25) is 14.9 Å². The minimum Gasteiger partial charge on any atom is -0.367 e. The molecule has 0 aliphatic carbocycles. The molecule has 0 saturated carbocycles. The van der Waals surface area contributed by atoms with Gasteiger partial charge in [-0.15, -0.1) is 0 Å². The van der Waals surface area contributed by atoms with Crippen molar-refractivity contribution >= 4 is 40.6 Å². The van der Waals surface area contributed by atoms with Crippen molar-refractivity contribution in [2.24, 2.45) is 0 Å². The Kier molecular flexibility index (Phi) is 6.85. The van der Waals surface area contributed by atoms with Gasteiger partial charge in [0.05, 0.1) is 21.9 Å². The number of nitrogens with one attached hydrogen (secondary N) is 1. The third-order valence-corrected chi connectivity index (χ3v) is 5.16.